The summed E-state index contributed by atoms with van der Waals surface area (Å²) in [7, 11) is 1.61. The molecule has 9 heteroatoms. The zero-order valence-corrected chi connectivity index (χ0v) is 21.7. The molecule has 180 valence electrons. The van der Waals surface area contributed by atoms with Crippen LogP contribution in [0.25, 0.3) is 0 Å². The van der Waals surface area contributed by atoms with Gasteiger partial charge in [-0.3, -0.25) is 9.69 Å². The van der Waals surface area contributed by atoms with Gasteiger partial charge in [0.05, 0.1) is 20.2 Å². The van der Waals surface area contributed by atoms with Crippen molar-refractivity contribution in [1.82, 2.24) is 20.0 Å². The number of hydrogen-bond donors (Lipinski definition) is 2. The summed E-state index contributed by atoms with van der Waals surface area (Å²) < 4.78 is 5.25. The van der Waals surface area contributed by atoms with E-state index in [1.807, 2.05) is 11.0 Å². The predicted molar refractivity (Wildman–Crippen MR) is 138 cm³/mol. The second kappa shape index (κ2) is 13.7. The van der Waals surface area contributed by atoms with E-state index in [-0.39, 0.29) is 35.6 Å². The van der Waals surface area contributed by atoms with Gasteiger partial charge in [0.15, 0.2) is 5.96 Å². The van der Waals surface area contributed by atoms with Crippen molar-refractivity contribution in [2.24, 2.45) is 4.99 Å². The quantitative estimate of drug-likeness (QED) is 0.317. The molecule has 0 atom stereocenters. The summed E-state index contributed by atoms with van der Waals surface area (Å²) in [6.07, 6.45) is 4.74. The molecule has 0 radical (unpaired) electrons. The van der Waals surface area contributed by atoms with E-state index in [4.69, 9.17) is 9.73 Å². The maximum Gasteiger partial charge on any atom is 0.236 e. The highest BCUT2D eigenvalue weighted by atomic mass is 127. The number of carbonyl (C=O) groups excluding carboxylic acids is 1. The van der Waals surface area contributed by atoms with Crippen LogP contribution < -0.4 is 10.1 Å². The average molecular weight is 559 g/mol. The van der Waals surface area contributed by atoms with E-state index in [2.05, 4.69) is 22.0 Å². The molecule has 3 rings (SSSR count). The van der Waals surface area contributed by atoms with E-state index in [9.17, 15) is 9.90 Å². The molecule has 1 aromatic carbocycles. The highest BCUT2D eigenvalue weighted by Crippen LogP contribution is 2.23. The Hall–Kier alpha value is -1.75. The van der Waals surface area contributed by atoms with Crippen molar-refractivity contribution in [1.29, 1.82) is 0 Å². The van der Waals surface area contributed by atoms with Crippen molar-refractivity contribution in [3.63, 3.8) is 0 Å². The minimum Gasteiger partial charge on any atom is -0.508 e. The van der Waals surface area contributed by atoms with Crippen molar-refractivity contribution >= 4 is 35.8 Å². The molecule has 0 aromatic heterocycles. The monoisotopic (exact) mass is 559 g/mol. The molecule has 2 saturated heterocycles. The van der Waals surface area contributed by atoms with Gasteiger partial charge in [0.2, 0.25) is 5.91 Å². The van der Waals surface area contributed by atoms with E-state index in [1.54, 1.807) is 19.2 Å². The Balaban J connectivity index is 0.00000363. The largest absolute Gasteiger partial charge is 0.508 e. The summed E-state index contributed by atoms with van der Waals surface area (Å²) in [5.41, 5.74) is 0.733. The number of phenols is 1. The lowest BCUT2D eigenvalue weighted by atomic mass is 10.2. The molecule has 0 aliphatic carbocycles. The summed E-state index contributed by atoms with van der Waals surface area (Å²) in [4.78, 5) is 23.9. The first-order valence-electron chi connectivity index (χ1n) is 11.5. The SMILES string of the molecule is CCNC(=NCc1cc(OC)ccc1O)N1CCN(CC(=O)N2CCCCCC2)CC1.I. The number of aliphatic imine (C=N–C) groups is 1. The van der Waals surface area contributed by atoms with Crippen LogP contribution in [0.15, 0.2) is 23.2 Å². The number of amides is 1. The number of aromatic hydroxyl groups is 1. The van der Waals surface area contributed by atoms with E-state index < -0.39 is 0 Å². The van der Waals surface area contributed by atoms with Crippen LogP contribution in [-0.4, -0.2) is 91.1 Å². The smallest absolute Gasteiger partial charge is 0.236 e. The van der Waals surface area contributed by atoms with Crippen LogP contribution >= 0.6 is 24.0 Å². The number of halogens is 1. The Kier molecular flexibility index (Phi) is 11.4. The molecule has 2 N–H and O–H groups in total. The van der Waals surface area contributed by atoms with Gasteiger partial charge >= 0.3 is 0 Å². The van der Waals surface area contributed by atoms with Gasteiger partial charge < -0.3 is 25.0 Å². The Morgan fingerprint density at radius 2 is 1.75 bits per heavy atom. The van der Waals surface area contributed by atoms with Gasteiger partial charge in [-0.15, -0.1) is 24.0 Å². The third-order valence-electron chi connectivity index (χ3n) is 6.01. The topological polar surface area (TPSA) is 80.6 Å². The lowest BCUT2D eigenvalue weighted by Crippen LogP contribution is -2.54. The highest BCUT2D eigenvalue weighted by molar-refractivity contribution is 14.0. The van der Waals surface area contributed by atoms with Crippen molar-refractivity contribution in [2.45, 2.75) is 39.2 Å². The summed E-state index contributed by atoms with van der Waals surface area (Å²) >= 11 is 0. The molecule has 0 unspecified atom stereocenters. The summed E-state index contributed by atoms with van der Waals surface area (Å²) in [5.74, 6) is 2.03. The van der Waals surface area contributed by atoms with Gasteiger partial charge in [0, 0.05) is 51.4 Å². The molecule has 2 aliphatic rings. The van der Waals surface area contributed by atoms with Crippen LogP contribution in [0.1, 0.15) is 38.2 Å². The van der Waals surface area contributed by atoms with Crippen molar-refractivity contribution in [2.75, 3.05) is 59.5 Å². The number of ether oxygens (including phenoxy) is 1. The normalized spacial score (nSPS) is 18.0. The fourth-order valence-electron chi connectivity index (χ4n) is 4.13. The number of guanidine groups is 1. The predicted octanol–water partition coefficient (Wildman–Crippen LogP) is 2.50. The standard InChI is InChI=1S/C23H37N5O3.HI/c1-3-24-23(25-17-19-16-20(31-2)8-9-21(19)29)28-14-12-26(13-15-28)18-22(30)27-10-6-4-5-7-11-27;/h8-9,16,29H,3-7,10-15,17-18H2,1-2H3,(H,24,25);1H. The summed E-state index contributed by atoms with van der Waals surface area (Å²) in [6, 6.07) is 5.19. The molecule has 2 heterocycles. The molecule has 1 amide bonds. The Bertz CT molecular complexity index is 745. The highest BCUT2D eigenvalue weighted by Gasteiger charge is 2.23. The van der Waals surface area contributed by atoms with E-state index in [1.165, 1.54) is 12.8 Å². The zero-order valence-electron chi connectivity index (χ0n) is 19.4. The van der Waals surface area contributed by atoms with Crippen LogP contribution in [-0.2, 0) is 11.3 Å². The molecule has 8 nitrogen and oxygen atoms in total. The number of carbonyl (C=O) groups is 1. The first-order chi connectivity index (χ1) is 15.1. The van der Waals surface area contributed by atoms with Gasteiger partial charge in [-0.05, 0) is 38.0 Å². The number of piperazine rings is 1. The maximum absolute atomic E-state index is 12.7. The lowest BCUT2D eigenvalue weighted by molar-refractivity contribution is -0.132. The third kappa shape index (κ3) is 7.68. The molecule has 2 aliphatic heterocycles. The molecular formula is C23H38IN5O3. The van der Waals surface area contributed by atoms with Crippen LogP contribution in [0, 0.1) is 0 Å². The van der Waals surface area contributed by atoms with Gasteiger partial charge in [-0.1, -0.05) is 12.8 Å². The first-order valence-corrected chi connectivity index (χ1v) is 11.5. The molecule has 2 fully saturated rings. The molecular weight excluding hydrogens is 521 g/mol. The fraction of sp³-hybridized carbons (Fsp3) is 0.652. The van der Waals surface area contributed by atoms with E-state index in [0.29, 0.717) is 18.8 Å². The lowest BCUT2D eigenvalue weighted by Gasteiger charge is -2.37. The molecule has 0 spiro atoms. The Labute approximate surface area is 209 Å². The summed E-state index contributed by atoms with van der Waals surface area (Å²) in [5, 5.41) is 13.5. The zero-order chi connectivity index (χ0) is 22.1. The number of likely N-dealkylation sites (tertiary alicyclic amines) is 1. The second-order valence-corrected chi connectivity index (χ2v) is 8.22. The molecule has 32 heavy (non-hydrogen) atoms. The van der Waals surface area contributed by atoms with Crippen LogP contribution in [0.2, 0.25) is 0 Å². The van der Waals surface area contributed by atoms with Gasteiger partial charge in [0.25, 0.3) is 0 Å². The Morgan fingerprint density at radius 3 is 2.38 bits per heavy atom. The maximum atomic E-state index is 12.7. The number of phenolic OH excluding ortho intramolecular Hbond substituents is 1. The minimum absolute atomic E-state index is 0. The number of nitrogens with one attached hydrogen (secondary N) is 1. The number of hydrogen-bond acceptors (Lipinski definition) is 5. The van der Waals surface area contributed by atoms with E-state index >= 15 is 0 Å². The minimum atomic E-state index is 0. The van der Waals surface area contributed by atoms with Crippen LogP contribution in [0.3, 0.4) is 0 Å². The Morgan fingerprint density at radius 1 is 1.06 bits per heavy atom. The molecule has 0 saturated carbocycles. The first kappa shape index (κ1) is 26.5. The second-order valence-electron chi connectivity index (χ2n) is 8.22. The summed E-state index contributed by atoms with van der Waals surface area (Å²) in [6.45, 7) is 8.86. The van der Waals surface area contributed by atoms with Crippen molar-refractivity contribution in [3.05, 3.63) is 23.8 Å². The number of methoxy groups -OCH3 is 1. The van der Waals surface area contributed by atoms with Crippen LogP contribution in [0.4, 0.5) is 0 Å². The van der Waals surface area contributed by atoms with Crippen molar-refractivity contribution in [3.8, 4) is 11.5 Å². The molecule has 1 aromatic rings. The van der Waals surface area contributed by atoms with Crippen molar-refractivity contribution < 1.29 is 14.6 Å². The number of rotatable bonds is 6. The third-order valence-corrected chi connectivity index (χ3v) is 6.01. The van der Waals surface area contributed by atoms with Gasteiger partial charge in [-0.2, -0.15) is 0 Å². The number of benzene rings is 1. The number of nitrogens with zero attached hydrogens (tertiary/aromatic N) is 4. The fourth-order valence-corrected chi connectivity index (χ4v) is 4.13. The van der Waals surface area contributed by atoms with Gasteiger partial charge in [0.1, 0.15) is 11.5 Å². The van der Waals surface area contributed by atoms with E-state index in [0.717, 1.165) is 70.2 Å². The van der Waals surface area contributed by atoms with Crippen LogP contribution in [0.5, 0.6) is 11.5 Å². The average Bonchev–Trinajstić information content (AvgIpc) is 3.08. The molecule has 0 bridgehead atoms. The van der Waals surface area contributed by atoms with Gasteiger partial charge in [-0.25, -0.2) is 4.99 Å².